The Bertz CT molecular complexity index is 565. The molecule has 5 nitrogen and oxygen atoms in total. The fourth-order valence-corrected chi connectivity index (χ4v) is 3.63. The number of rotatable bonds is 4. The van der Waals surface area contributed by atoms with E-state index in [0.717, 1.165) is 38.3 Å². The second-order valence-electron chi connectivity index (χ2n) is 6.72. The van der Waals surface area contributed by atoms with E-state index in [2.05, 4.69) is 28.0 Å². The third kappa shape index (κ3) is 3.51. The van der Waals surface area contributed by atoms with Crippen LogP contribution in [0.4, 0.5) is 0 Å². The molecule has 23 heavy (non-hydrogen) atoms. The summed E-state index contributed by atoms with van der Waals surface area (Å²) >= 11 is 0. The second-order valence-corrected chi connectivity index (χ2v) is 6.72. The van der Waals surface area contributed by atoms with Crippen molar-refractivity contribution in [1.82, 2.24) is 14.7 Å². The molecular weight excluding hydrogens is 290 g/mol. The first kappa shape index (κ1) is 16.3. The number of benzene rings is 1. The van der Waals surface area contributed by atoms with Gasteiger partial charge >= 0.3 is 0 Å². The number of hydrogen-bond acceptors (Lipinski definition) is 4. The summed E-state index contributed by atoms with van der Waals surface area (Å²) < 4.78 is 5.39. The predicted molar refractivity (Wildman–Crippen MR) is 90.8 cm³/mol. The van der Waals surface area contributed by atoms with Gasteiger partial charge in [0.05, 0.1) is 13.7 Å². The molecule has 1 atom stereocenters. The van der Waals surface area contributed by atoms with Crippen molar-refractivity contribution in [2.45, 2.75) is 18.9 Å². The SMILES string of the molecule is COc1ccc2c(c1)C(N1CCN(CC(=O)N(C)C)CC1)CC2. The van der Waals surface area contributed by atoms with E-state index in [4.69, 9.17) is 4.74 Å². The van der Waals surface area contributed by atoms with E-state index in [1.54, 1.807) is 12.0 Å². The number of carbonyl (C=O) groups is 1. The molecule has 2 aliphatic rings. The van der Waals surface area contributed by atoms with E-state index in [0.29, 0.717) is 12.6 Å². The summed E-state index contributed by atoms with van der Waals surface area (Å²) in [5, 5.41) is 0. The number of fused-ring (bicyclic) bond motifs is 1. The van der Waals surface area contributed by atoms with E-state index < -0.39 is 0 Å². The van der Waals surface area contributed by atoms with Gasteiger partial charge < -0.3 is 9.64 Å². The number of piperazine rings is 1. The molecule has 1 saturated heterocycles. The Kier molecular flexibility index (Phi) is 4.87. The normalized spacial score (nSPS) is 22.0. The summed E-state index contributed by atoms with van der Waals surface area (Å²) in [6, 6.07) is 6.98. The van der Waals surface area contributed by atoms with E-state index in [1.165, 1.54) is 17.5 Å². The summed E-state index contributed by atoms with van der Waals surface area (Å²) in [6.45, 7) is 4.53. The third-order valence-electron chi connectivity index (χ3n) is 5.10. The van der Waals surface area contributed by atoms with Gasteiger partial charge in [-0.1, -0.05) is 6.07 Å². The Balaban J connectivity index is 1.60. The molecule has 1 aromatic carbocycles. The molecule has 1 heterocycles. The summed E-state index contributed by atoms with van der Waals surface area (Å²) in [6.07, 6.45) is 2.35. The van der Waals surface area contributed by atoms with Gasteiger partial charge in [0.1, 0.15) is 5.75 Å². The highest BCUT2D eigenvalue weighted by molar-refractivity contribution is 5.77. The van der Waals surface area contributed by atoms with Crippen molar-refractivity contribution in [3.8, 4) is 5.75 Å². The largest absolute Gasteiger partial charge is 0.497 e. The fourth-order valence-electron chi connectivity index (χ4n) is 3.63. The van der Waals surface area contributed by atoms with Crippen LogP contribution in [0.15, 0.2) is 18.2 Å². The minimum absolute atomic E-state index is 0.189. The van der Waals surface area contributed by atoms with Crippen LogP contribution >= 0.6 is 0 Å². The average molecular weight is 317 g/mol. The summed E-state index contributed by atoms with van der Waals surface area (Å²) in [7, 11) is 5.37. The zero-order chi connectivity index (χ0) is 16.4. The van der Waals surface area contributed by atoms with Gasteiger partial charge in [0.2, 0.25) is 5.91 Å². The topological polar surface area (TPSA) is 36.0 Å². The monoisotopic (exact) mass is 317 g/mol. The highest BCUT2D eigenvalue weighted by Crippen LogP contribution is 2.38. The molecule has 5 heteroatoms. The molecule has 0 radical (unpaired) electrons. The highest BCUT2D eigenvalue weighted by Gasteiger charge is 2.31. The summed E-state index contributed by atoms with van der Waals surface area (Å²) in [5.41, 5.74) is 2.89. The van der Waals surface area contributed by atoms with Crippen molar-refractivity contribution in [2.75, 3.05) is 53.9 Å². The Labute approximate surface area is 138 Å². The standard InChI is InChI=1S/C18H27N3O2/c1-19(2)18(22)13-20-8-10-21(11-9-20)17-7-5-14-4-6-15(23-3)12-16(14)17/h4,6,12,17H,5,7-11,13H2,1-3H3. The van der Waals surface area contributed by atoms with Crippen molar-refractivity contribution in [3.05, 3.63) is 29.3 Å². The Morgan fingerprint density at radius 1 is 1.26 bits per heavy atom. The zero-order valence-electron chi connectivity index (χ0n) is 14.4. The Hall–Kier alpha value is -1.59. The molecule has 3 rings (SSSR count). The van der Waals surface area contributed by atoms with Crippen molar-refractivity contribution in [3.63, 3.8) is 0 Å². The van der Waals surface area contributed by atoms with Gasteiger partial charge in [0.25, 0.3) is 0 Å². The van der Waals surface area contributed by atoms with Gasteiger partial charge in [-0.2, -0.15) is 0 Å². The lowest BCUT2D eigenvalue weighted by Gasteiger charge is -2.38. The summed E-state index contributed by atoms with van der Waals surface area (Å²) in [4.78, 5) is 18.3. The Morgan fingerprint density at radius 3 is 2.65 bits per heavy atom. The number of likely N-dealkylation sites (N-methyl/N-ethyl adjacent to an activating group) is 1. The number of hydrogen-bond donors (Lipinski definition) is 0. The molecule has 1 fully saturated rings. The van der Waals surface area contributed by atoms with Gasteiger partial charge in [-0.05, 0) is 36.1 Å². The van der Waals surface area contributed by atoms with Crippen LogP contribution in [0, 0.1) is 0 Å². The zero-order valence-corrected chi connectivity index (χ0v) is 14.4. The molecule has 0 aromatic heterocycles. The maximum Gasteiger partial charge on any atom is 0.236 e. The van der Waals surface area contributed by atoms with E-state index >= 15 is 0 Å². The maximum absolute atomic E-state index is 11.8. The first-order valence-electron chi connectivity index (χ1n) is 8.42. The van der Waals surface area contributed by atoms with E-state index in [9.17, 15) is 4.79 Å². The second kappa shape index (κ2) is 6.89. The number of carbonyl (C=O) groups excluding carboxylic acids is 1. The van der Waals surface area contributed by atoms with Crippen LogP contribution < -0.4 is 4.74 Å². The van der Waals surface area contributed by atoms with E-state index in [-0.39, 0.29) is 5.91 Å². The van der Waals surface area contributed by atoms with Crippen LogP contribution in [-0.4, -0.2) is 74.5 Å². The number of nitrogens with zero attached hydrogens (tertiary/aromatic N) is 3. The van der Waals surface area contributed by atoms with Gasteiger partial charge in [-0.15, -0.1) is 0 Å². The molecule has 1 amide bonds. The van der Waals surface area contributed by atoms with Crippen LogP contribution in [0.3, 0.4) is 0 Å². The smallest absolute Gasteiger partial charge is 0.236 e. The molecule has 0 spiro atoms. The molecule has 0 N–H and O–H groups in total. The quantitative estimate of drug-likeness (QED) is 0.841. The van der Waals surface area contributed by atoms with Crippen LogP contribution in [0.2, 0.25) is 0 Å². The number of methoxy groups -OCH3 is 1. The van der Waals surface area contributed by atoms with Crippen molar-refractivity contribution >= 4 is 5.91 Å². The van der Waals surface area contributed by atoms with Gasteiger partial charge in [-0.25, -0.2) is 0 Å². The number of ether oxygens (including phenoxy) is 1. The van der Waals surface area contributed by atoms with E-state index in [1.807, 2.05) is 14.1 Å². The Morgan fingerprint density at radius 2 is 2.00 bits per heavy atom. The van der Waals surface area contributed by atoms with Gasteiger partial charge in [-0.3, -0.25) is 14.6 Å². The predicted octanol–water partition coefficient (Wildman–Crippen LogP) is 1.39. The minimum Gasteiger partial charge on any atom is -0.497 e. The van der Waals surface area contributed by atoms with Crippen LogP contribution in [0.25, 0.3) is 0 Å². The number of aryl methyl sites for hydroxylation is 1. The van der Waals surface area contributed by atoms with Gasteiger partial charge in [0.15, 0.2) is 0 Å². The maximum atomic E-state index is 11.8. The van der Waals surface area contributed by atoms with Crippen LogP contribution in [0.5, 0.6) is 5.75 Å². The first-order chi connectivity index (χ1) is 11.1. The van der Waals surface area contributed by atoms with Gasteiger partial charge in [0, 0.05) is 46.3 Å². The molecule has 0 saturated carbocycles. The van der Waals surface area contributed by atoms with Crippen molar-refractivity contribution < 1.29 is 9.53 Å². The average Bonchev–Trinajstić information content (AvgIpc) is 2.98. The summed E-state index contributed by atoms with van der Waals surface area (Å²) in [5.74, 6) is 1.14. The van der Waals surface area contributed by atoms with Crippen molar-refractivity contribution in [2.24, 2.45) is 0 Å². The molecule has 0 bridgehead atoms. The lowest BCUT2D eigenvalue weighted by Crippen LogP contribution is -2.49. The lowest BCUT2D eigenvalue weighted by molar-refractivity contribution is -0.130. The molecule has 1 aromatic rings. The highest BCUT2D eigenvalue weighted by atomic mass is 16.5. The molecular formula is C18H27N3O2. The minimum atomic E-state index is 0.189. The van der Waals surface area contributed by atoms with Crippen molar-refractivity contribution in [1.29, 1.82) is 0 Å². The van der Waals surface area contributed by atoms with Crippen LogP contribution in [-0.2, 0) is 11.2 Å². The fraction of sp³-hybridized carbons (Fsp3) is 0.611. The number of amides is 1. The third-order valence-corrected chi connectivity index (χ3v) is 5.10. The first-order valence-corrected chi connectivity index (χ1v) is 8.42. The molecule has 1 aliphatic carbocycles. The molecule has 1 unspecified atom stereocenters. The van der Waals surface area contributed by atoms with Crippen LogP contribution in [0.1, 0.15) is 23.6 Å². The molecule has 126 valence electrons. The molecule has 1 aliphatic heterocycles. The lowest BCUT2D eigenvalue weighted by atomic mass is 10.1.